The van der Waals surface area contributed by atoms with Gasteiger partial charge in [-0.15, -0.1) is 0 Å². The summed E-state index contributed by atoms with van der Waals surface area (Å²) in [5.74, 6) is 0.451. The van der Waals surface area contributed by atoms with Crippen molar-refractivity contribution in [3.8, 4) is 23.1 Å². The third kappa shape index (κ3) is 8.00. The van der Waals surface area contributed by atoms with Crippen molar-refractivity contribution in [2.75, 3.05) is 45.6 Å². The lowest BCUT2D eigenvalue weighted by molar-refractivity contribution is -0.141. The second-order valence-corrected chi connectivity index (χ2v) is 10.2. The summed E-state index contributed by atoms with van der Waals surface area (Å²) >= 11 is 0. The van der Waals surface area contributed by atoms with E-state index in [1.54, 1.807) is 53.6 Å². The van der Waals surface area contributed by atoms with E-state index in [2.05, 4.69) is 26.7 Å². The predicted octanol–water partition coefficient (Wildman–Crippen LogP) is 2.80. The van der Waals surface area contributed by atoms with Crippen LogP contribution in [0.1, 0.15) is 35.7 Å². The van der Waals surface area contributed by atoms with Gasteiger partial charge in [0.2, 0.25) is 5.95 Å². The number of aliphatic hydroxyl groups excluding tert-OH is 1. The van der Waals surface area contributed by atoms with Gasteiger partial charge in [0.25, 0.3) is 11.8 Å². The number of likely N-dealkylation sites (tertiary alicyclic amines) is 1. The largest absolute Gasteiger partial charge is 0.489 e. The average molecular weight is 558 g/mol. The molecular formula is C30H35N7O4. The Hall–Kier alpha value is -4.53. The van der Waals surface area contributed by atoms with Crippen LogP contribution in [0.25, 0.3) is 11.3 Å². The van der Waals surface area contributed by atoms with Crippen molar-refractivity contribution in [1.29, 1.82) is 5.26 Å². The van der Waals surface area contributed by atoms with Gasteiger partial charge in [0.15, 0.2) is 0 Å². The molecule has 0 saturated carbocycles. The molecule has 1 aliphatic rings. The average Bonchev–Trinajstić information content (AvgIpc) is 2.97. The normalized spacial score (nSPS) is 14.3. The van der Waals surface area contributed by atoms with Crippen LogP contribution in [0.3, 0.4) is 0 Å². The van der Waals surface area contributed by atoms with Crippen LogP contribution in [0.2, 0.25) is 0 Å². The second-order valence-electron chi connectivity index (χ2n) is 10.2. The van der Waals surface area contributed by atoms with E-state index in [1.165, 1.54) is 6.92 Å². The molecule has 0 radical (unpaired) electrons. The van der Waals surface area contributed by atoms with Gasteiger partial charge < -0.3 is 30.3 Å². The summed E-state index contributed by atoms with van der Waals surface area (Å²) in [6, 6.07) is 16.4. The fourth-order valence-corrected chi connectivity index (χ4v) is 4.43. The van der Waals surface area contributed by atoms with Gasteiger partial charge in [0.05, 0.1) is 11.3 Å². The van der Waals surface area contributed by atoms with Crippen LogP contribution < -0.4 is 15.4 Å². The first-order valence-electron chi connectivity index (χ1n) is 13.5. The first-order chi connectivity index (χ1) is 19.7. The topological polar surface area (TPSA) is 144 Å². The van der Waals surface area contributed by atoms with Crippen molar-refractivity contribution in [2.45, 2.75) is 32.0 Å². The molecular weight excluding hydrogens is 522 g/mol. The van der Waals surface area contributed by atoms with Crippen molar-refractivity contribution < 1.29 is 19.4 Å². The van der Waals surface area contributed by atoms with Crippen molar-refractivity contribution in [3.05, 3.63) is 65.9 Å². The summed E-state index contributed by atoms with van der Waals surface area (Å²) in [5.41, 5.74) is 3.05. The van der Waals surface area contributed by atoms with Gasteiger partial charge >= 0.3 is 0 Å². The molecule has 0 unspecified atom stereocenters. The zero-order valence-electron chi connectivity index (χ0n) is 23.5. The Morgan fingerprint density at radius 3 is 2.56 bits per heavy atom. The number of nitriles is 1. The molecule has 0 aliphatic carbocycles. The molecule has 1 atom stereocenters. The molecule has 2 heterocycles. The maximum atomic E-state index is 12.3. The van der Waals surface area contributed by atoms with Crippen LogP contribution in [-0.2, 0) is 4.79 Å². The summed E-state index contributed by atoms with van der Waals surface area (Å²) in [6.07, 6.45) is 1.73. The first kappa shape index (κ1) is 29.5. The molecule has 0 spiro atoms. The highest BCUT2D eigenvalue weighted by Gasteiger charge is 2.26. The van der Waals surface area contributed by atoms with Gasteiger partial charge in [-0.2, -0.15) is 5.26 Å². The van der Waals surface area contributed by atoms with Crippen molar-refractivity contribution in [3.63, 3.8) is 0 Å². The Morgan fingerprint density at radius 2 is 1.90 bits per heavy atom. The molecule has 1 fully saturated rings. The number of hydrogen-bond donors (Lipinski definition) is 3. The van der Waals surface area contributed by atoms with E-state index < -0.39 is 6.10 Å². The smallest absolute Gasteiger partial charge is 0.251 e. The number of aromatic nitrogens is 2. The van der Waals surface area contributed by atoms with Crippen LogP contribution >= 0.6 is 0 Å². The van der Waals surface area contributed by atoms with Gasteiger partial charge in [-0.3, -0.25) is 9.59 Å². The van der Waals surface area contributed by atoms with E-state index in [1.807, 2.05) is 25.1 Å². The fourth-order valence-electron chi connectivity index (χ4n) is 4.43. The van der Waals surface area contributed by atoms with Crippen LogP contribution in [0.4, 0.5) is 11.6 Å². The first-order valence-corrected chi connectivity index (χ1v) is 13.5. The molecule has 214 valence electrons. The summed E-state index contributed by atoms with van der Waals surface area (Å²) in [6.45, 7) is 3.80. The zero-order valence-corrected chi connectivity index (χ0v) is 23.5. The van der Waals surface area contributed by atoms with Crippen LogP contribution in [-0.4, -0.2) is 89.2 Å². The molecule has 3 aromatic rings. The summed E-state index contributed by atoms with van der Waals surface area (Å²) in [5, 5.41) is 25.4. The number of hydrogen-bond acceptors (Lipinski definition) is 9. The van der Waals surface area contributed by atoms with Crippen molar-refractivity contribution in [1.82, 2.24) is 25.1 Å². The quantitative estimate of drug-likeness (QED) is 0.343. The number of rotatable bonds is 10. The Balaban J connectivity index is 1.38. The fraction of sp³-hybridized carbons (Fsp3) is 0.367. The monoisotopic (exact) mass is 557 g/mol. The SMILES string of the molecule is C[C@H](O)C(=O)N1CCC(Oc2ccc(-c3ccnc(Nc4ccc(C(=O)NCCN(C)C)cc4)n3)cc2C#N)CC1. The summed E-state index contributed by atoms with van der Waals surface area (Å²) in [7, 11) is 3.91. The van der Waals surface area contributed by atoms with E-state index in [0.29, 0.717) is 61.0 Å². The number of aliphatic hydroxyl groups is 1. The number of nitrogens with one attached hydrogen (secondary N) is 2. The van der Waals surface area contributed by atoms with Crippen LogP contribution in [0.15, 0.2) is 54.7 Å². The second kappa shape index (κ2) is 13.7. The molecule has 41 heavy (non-hydrogen) atoms. The molecule has 2 amide bonds. The number of benzene rings is 2. The molecule has 1 aliphatic heterocycles. The Bertz CT molecular complexity index is 1390. The van der Waals surface area contributed by atoms with Gasteiger partial charge in [0, 0.05) is 62.0 Å². The number of carbonyl (C=O) groups is 2. The third-order valence-electron chi connectivity index (χ3n) is 6.70. The highest BCUT2D eigenvalue weighted by molar-refractivity contribution is 5.94. The number of piperidine rings is 1. The Kier molecular flexibility index (Phi) is 9.84. The lowest BCUT2D eigenvalue weighted by atomic mass is 10.1. The minimum absolute atomic E-state index is 0.128. The number of carbonyl (C=O) groups excluding carboxylic acids is 2. The van der Waals surface area contributed by atoms with E-state index in [9.17, 15) is 20.0 Å². The van der Waals surface area contributed by atoms with E-state index >= 15 is 0 Å². The van der Waals surface area contributed by atoms with E-state index in [-0.39, 0.29) is 17.9 Å². The minimum Gasteiger partial charge on any atom is -0.489 e. The highest BCUT2D eigenvalue weighted by Crippen LogP contribution is 2.28. The van der Waals surface area contributed by atoms with Gasteiger partial charge in [-0.1, -0.05) is 0 Å². The van der Waals surface area contributed by atoms with E-state index in [4.69, 9.17) is 4.74 Å². The standard InChI is InChI=1S/C30H35N7O4/c1-20(38)29(40)37-15-11-25(12-16-37)41-27-9-6-22(18-23(27)19-31)26-10-13-33-30(35-26)34-24-7-4-21(5-8-24)28(39)32-14-17-36(2)3/h4-10,13,18,20,25,38H,11-12,14-17H2,1-3H3,(H,32,39)(H,33,34,35)/t20-/m0/s1. The van der Waals surface area contributed by atoms with Crippen LogP contribution in [0, 0.1) is 11.3 Å². The highest BCUT2D eigenvalue weighted by atomic mass is 16.5. The molecule has 0 bridgehead atoms. The number of ether oxygens (including phenoxy) is 1. The Morgan fingerprint density at radius 1 is 1.17 bits per heavy atom. The lowest BCUT2D eigenvalue weighted by Crippen LogP contribution is -2.45. The maximum Gasteiger partial charge on any atom is 0.251 e. The summed E-state index contributed by atoms with van der Waals surface area (Å²) in [4.78, 5) is 36.9. The molecule has 1 saturated heterocycles. The number of amides is 2. The maximum absolute atomic E-state index is 12.3. The number of anilines is 2. The Labute approximate surface area is 239 Å². The molecule has 11 nitrogen and oxygen atoms in total. The predicted molar refractivity (Wildman–Crippen MR) is 155 cm³/mol. The van der Waals surface area contributed by atoms with Gasteiger partial charge in [0.1, 0.15) is 24.0 Å². The third-order valence-corrected chi connectivity index (χ3v) is 6.70. The molecule has 4 rings (SSSR count). The van der Waals surface area contributed by atoms with E-state index in [0.717, 1.165) is 17.8 Å². The van der Waals surface area contributed by atoms with Crippen molar-refractivity contribution in [2.24, 2.45) is 0 Å². The molecule has 2 aromatic carbocycles. The molecule has 11 heteroatoms. The number of nitrogens with zero attached hydrogens (tertiary/aromatic N) is 5. The van der Waals surface area contributed by atoms with Crippen LogP contribution in [0.5, 0.6) is 5.75 Å². The van der Waals surface area contributed by atoms with Crippen molar-refractivity contribution >= 4 is 23.5 Å². The number of likely N-dealkylation sites (N-methyl/N-ethyl adjacent to an activating group) is 1. The minimum atomic E-state index is -1.01. The zero-order chi connectivity index (χ0) is 29.4. The summed E-state index contributed by atoms with van der Waals surface area (Å²) < 4.78 is 6.12. The van der Waals surface area contributed by atoms with Gasteiger partial charge in [-0.25, -0.2) is 9.97 Å². The van der Waals surface area contributed by atoms with Gasteiger partial charge in [-0.05, 0) is 69.6 Å². The molecule has 3 N–H and O–H groups in total. The lowest BCUT2D eigenvalue weighted by Gasteiger charge is -2.33. The molecule has 1 aromatic heterocycles.